The predicted molar refractivity (Wildman–Crippen MR) is 82.8 cm³/mol. The first-order valence-electron chi connectivity index (χ1n) is 6.25. The number of hydrogen-bond acceptors (Lipinski definition) is 3. The van der Waals surface area contributed by atoms with Crippen molar-refractivity contribution in [1.82, 2.24) is 0 Å². The third kappa shape index (κ3) is 3.46. The first-order valence-corrected chi connectivity index (χ1v) is 8.11. The minimum absolute atomic E-state index is 0.000457. The van der Waals surface area contributed by atoms with E-state index in [0.29, 0.717) is 12.2 Å². The third-order valence-corrected chi connectivity index (χ3v) is 4.47. The molecule has 0 bridgehead atoms. The summed E-state index contributed by atoms with van der Waals surface area (Å²) in [7, 11) is -3.95. The number of hydrogen-bond donors (Lipinski definition) is 2. The summed E-state index contributed by atoms with van der Waals surface area (Å²) in [5.41, 5.74) is 0.186. The van der Waals surface area contributed by atoms with E-state index in [4.69, 9.17) is 11.6 Å². The van der Waals surface area contributed by atoms with Gasteiger partial charge in [0.1, 0.15) is 16.4 Å². The molecule has 0 fully saturated rings. The van der Waals surface area contributed by atoms with Gasteiger partial charge in [0, 0.05) is 6.54 Å². The number of para-hydroxylation sites is 2. The maximum absolute atomic E-state index is 13.7. The molecule has 0 atom stereocenters. The highest BCUT2D eigenvalue weighted by molar-refractivity contribution is 7.92. The highest BCUT2D eigenvalue weighted by Gasteiger charge is 2.21. The van der Waals surface area contributed by atoms with Crippen molar-refractivity contribution < 1.29 is 12.8 Å². The van der Waals surface area contributed by atoms with E-state index in [-0.39, 0.29) is 15.6 Å². The Balaban J connectivity index is 2.44. The van der Waals surface area contributed by atoms with E-state index in [0.717, 1.165) is 6.07 Å². The molecule has 7 heteroatoms. The topological polar surface area (TPSA) is 58.2 Å². The van der Waals surface area contributed by atoms with Crippen molar-refractivity contribution >= 4 is 33.0 Å². The number of anilines is 2. The van der Waals surface area contributed by atoms with Crippen LogP contribution in [0.5, 0.6) is 0 Å². The van der Waals surface area contributed by atoms with E-state index in [1.807, 2.05) is 6.92 Å². The summed E-state index contributed by atoms with van der Waals surface area (Å²) in [6.45, 7) is 2.41. The first kappa shape index (κ1) is 15.6. The summed E-state index contributed by atoms with van der Waals surface area (Å²) >= 11 is 5.84. The van der Waals surface area contributed by atoms with Gasteiger partial charge in [-0.2, -0.15) is 0 Å². The Labute approximate surface area is 128 Å². The molecule has 4 nitrogen and oxygen atoms in total. The Morgan fingerprint density at radius 3 is 2.52 bits per heavy atom. The lowest BCUT2D eigenvalue weighted by atomic mass is 10.3. The van der Waals surface area contributed by atoms with Crippen LogP contribution in [0, 0.1) is 5.82 Å². The molecule has 2 aromatic rings. The maximum atomic E-state index is 13.7. The molecule has 21 heavy (non-hydrogen) atoms. The van der Waals surface area contributed by atoms with Gasteiger partial charge in [-0.1, -0.05) is 29.8 Å². The van der Waals surface area contributed by atoms with Gasteiger partial charge in [-0.05, 0) is 31.2 Å². The average Bonchev–Trinajstić information content (AvgIpc) is 2.44. The van der Waals surface area contributed by atoms with E-state index in [1.54, 1.807) is 18.2 Å². The Hall–Kier alpha value is -1.79. The van der Waals surface area contributed by atoms with Gasteiger partial charge in [0.15, 0.2) is 0 Å². The standard InChI is InChI=1S/C14H14ClFN2O2S/c1-2-17-12-8-3-4-9-13(12)21(19,20)18-14-10(15)6-5-7-11(14)16/h3-9,17-18H,2H2,1H3. The maximum Gasteiger partial charge on any atom is 0.264 e. The number of sulfonamides is 1. The van der Waals surface area contributed by atoms with Crippen molar-refractivity contribution in [3.63, 3.8) is 0 Å². The normalized spacial score (nSPS) is 11.2. The van der Waals surface area contributed by atoms with Crippen molar-refractivity contribution in [3.05, 3.63) is 53.3 Å². The second-order valence-electron chi connectivity index (χ2n) is 4.23. The second kappa shape index (κ2) is 6.32. The molecular weight excluding hydrogens is 315 g/mol. The quantitative estimate of drug-likeness (QED) is 0.879. The summed E-state index contributed by atoms with van der Waals surface area (Å²) in [5.74, 6) is -0.730. The van der Waals surface area contributed by atoms with Gasteiger partial charge >= 0.3 is 0 Å². The SMILES string of the molecule is CCNc1ccccc1S(=O)(=O)Nc1c(F)cccc1Cl. The van der Waals surface area contributed by atoms with Crippen LogP contribution in [0.15, 0.2) is 47.4 Å². The average molecular weight is 329 g/mol. The van der Waals surface area contributed by atoms with E-state index >= 15 is 0 Å². The van der Waals surface area contributed by atoms with Gasteiger partial charge in [-0.15, -0.1) is 0 Å². The Morgan fingerprint density at radius 2 is 1.86 bits per heavy atom. The lowest BCUT2D eigenvalue weighted by Gasteiger charge is -2.14. The van der Waals surface area contributed by atoms with Crippen molar-refractivity contribution in [3.8, 4) is 0 Å². The van der Waals surface area contributed by atoms with E-state index in [9.17, 15) is 12.8 Å². The van der Waals surface area contributed by atoms with Crippen LogP contribution in [-0.4, -0.2) is 15.0 Å². The van der Waals surface area contributed by atoms with Crippen molar-refractivity contribution in [2.45, 2.75) is 11.8 Å². The minimum Gasteiger partial charge on any atom is -0.384 e. The molecule has 2 aromatic carbocycles. The molecule has 2 rings (SSSR count). The van der Waals surface area contributed by atoms with E-state index in [2.05, 4.69) is 10.0 Å². The molecule has 0 amide bonds. The molecule has 0 unspecified atom stereocenters. The Kier molecular flexibility index (Phi) is 4.69. The lowest BCUT2D eigenvalue weighted by Crippen LogP contribution is -2.16. The molecule has 0 aliphatic heterocycles. The minimum atomic E-state index is -3.95. The Bertz CT molecular complexity index is 730. The van der Waals surface area contributed by atoms with Crippen LogP contribution in [0.3, 0.4) is 0 Å². The molecule has 0 radical (unpaired) electrons. The predicted octanol–water partition coefficient (Wildman–Crippen LogP) is 3.71. The fraction of sp³-hybridized carbons (Fsp3) is 0.143. The van der Waals surface area contributed by atoms with Crippen LogP contribution in [0.25, 0.3) is 0 Å². The summed E-state index contributed by atoms with van der Waals surface area (Å²) in [5, 5.41) is 2.95. The summed E-state index contributed by atoms with van der Waals surface area (Å²) < 4.78 is 40.8. The smallest absolute Gasteiger partial charge is 0.264 e. The van der Waals surface area contributed by atoms with Crippen LogP contribution >= 0.6 is 11.6 Å². The number of benzene rings is 2. The number of rotatable bonds is 5. The molecule has 0 saturated carbocycles. The van der Waals surface area contributed by atoms with Crippen molar-refractivity contribution in [2.75, 3.05) is 16.6 Å². The van der Waals surface area contributed by atoms with Gasteiger partial charge in [-0.25, -0.2) is 12.8 Å². The monoisotopic (exact) mass is 328 g/mol. The largest absolute Gasteiger partial charge is 0.384 e. The highest BCUT2D eigenvalue weighted by atomic mass is 35.5. The lowest BCUT2D eigenvalue weighted by molar-refractivity contribution is 0.599. The molecule has 0 spiro atoms. The third-order valence-electron chi connectivity index (χ3n) is 2.74. The van der Waals surface area contributed by atoms with Gasteiger partial charge in [-0.3, -0.25) is 4.72 Å². The highest BCUT2D eigenvalue weighted by Crippen LogP contribution is 2.29. The molecule has 0 aromatic heterocycles. The zero-order valence-corrected chi connectivity index (χ0v) is 12.8. The second-order valence-corrected chi connectivity index (χ2v) is 6.29. The molecule has 2 N–H and O–H groups in total. The molecule has 0 heterocycles. The molecule has 0 aliphatic rings. The summed E-state index contributed by atoms with van der Waals surface area (Å²) in [6.07, 6.45) is 0. The zero-order chi connectivity index (χ0) is 15.5. The van der Waals surface area contributed by atoms with Gasteiger partial charge in [0.25, 0.3) is 10.0 Å². The summed E-state index contributed by atoms with van der Waals surface area (Å²) in [4.78, 5) is 0.0335. The van der Waals surface area contributed by atoms with Crippen LogP contribution in [0.1, 0.15) is 6.92 Å². The first-order chi connectivity index (χ1) is 9.95. The number of halogens is 2. The van der Waals surface area contributed by atoms with Crippen LogP contribution in [0.4, 0.5) is 15.8 Å². The zero-order valence-electron chi connectivity index (χ0n) is 11.2. The fourth-order valence-corrected chi connectivity index (χ4v) is 3.36. The molecule has 0 saturated heterocycles. The molecular formula is C14H14ClFN2O2S. The Morgan fingerprint density at radius 1 is 1.14 bits per heavy atom. The van der Waals surface area contributed by atoms with Crippen LogP contribution < -0.4 is 10.0 Å². The van der Waals surface area contributed by atoms with Crippen molar-refractivity contribution in [2.24, 2.45) is 0 Å². The van der Waals surface area contributed by atoms with Gasteiger partial charge < -0.3 is 5.32 Å². The van der Waals surface area contributed by atoms with Crippen molar-refractivity contribution in [1.29, 1.82) is 0 Å². The molecule has 112 valence electrons. The number of nitrogens with one attached hydrogen (secondary N) is 2. The van der Waals surface area contributed by atoms with E-state index in [1.165, 1.54) is 18.2 Å². The van der Waals surface area contributed by atoms with Gasteiger partial charge in [0.05, 0.1) is 10.7 Å². The van der Waals surface area contributed by atoms with Crippen LogP contribution in [-0.2, 0) is 10.0 Å². The fourth-order valence-electron chi connectivity index (χ4n) is 1.82. The van der Waals surface area contributed by atoms with Crippen LogP contribution in [0.2, 0.25) is 5.02 Å². The molecule has 0 aliphatic carbocycles. The summed E-state index contributed by atoms with van der Waals surface area (Å²) in [6, 6.07) is 10.3. The van der Waals surface area contributed by atoms with Gasteiger partial charge in [0.2, 0.25) is 0 Å². The van der Waals surface area contributed by atoms with E-state index < -0.39 is 15.8 Å².